The minimum absolute atomic E-state index is 0.00199. The Morgan fingerprint density at radius 1 is 1.16 bits per heavy atom. The average Bonchev–Trinajstić information content (AvgIpc) is 3.59. The lowest BCUT2D eigenvalue weighted by Gasteiger charge is -2.37. The number of halogens is 2. The van der Waals surface area contributed by atoms with Crippen molar-refractivity contribution >= 4 is 41.0 Å². The van der Waals surface area contributed by atoms with E-state index in [4.69, 9.17) is 9.47 Å². The summed E-state index contributed by atoms with van der Waals surface area (Å²) in [6.45, 7) is 4.19. The molecule has 13 nitrogen and oxygen atoms in total. The summed E-state index contributed by atoms with van der Waals surface area (Å²) in [5.74, 6) is -2.65. The lowest BCUT2D eigenvalue weighted by Crippen LogP contribution is -2.54. The third-order valence-corrected chi connectivity index (χ3v) is 7.26. The molecule has 2 atom stereocenters. The van der Waals surface area contributed by atoms with Gasteiger partial charge < -0.3 is 24.6 Å². The van der Waals surface area contributed by atoms with Crippen molar-refractivity contribution in [3.05, 3.63) is 54.1 Å². The van der Waals surface area contributed by atoms with Gasteiger partial charge in [-0.3, -0.25) is 23.7 Å². The van der Waals surface area contributed by atoms with Gasteiger partial charge in [0.1, 0.15) is 23.5 Å². The first-order chi connectivity index (χ1) is 20.6. The molecule has 0 unspecified atom stereocenters. The number of esters is 1. The molecule has 2 fully saturated rings. The van der Waals surface area contributed by atoms with E-state index in [0.29, 0.717) is 5.78 Å². The first-order valence-electron chi connectivity index (χ1n) is 13.9. The Kier molecular flexibility index (Phi) is 8.68. The SMILES string of the molecule is CCOC(=O)CC[C@H]1CN(c2cc(F)c(N3CCN(C(=O)[C@H](C)NC(=O)c4cn5cccnc5n4)CC3)c(F)c2)C(=O)O1. The van der Waals surface area contributed by atoms with Crippen molar-refractivity contribution in [2.75, 3.05) is 49.1 Å². The number of carbonyl (C=O) groups excluding carboxylic acids is 4. The highest BCUT2D eigenvalue weighted by atomic mass is 19.1. The van der Waals surface area contributed by atoms with Crippen molar-refractivity contribution in [3.8, 4) is 0 Å². The summed E-state index contributed by atoms with van der Waals surface area (Å²) in [5.41, 5.74) is -0.141. The highest BCUT2D eigenvalue weighted by Gasteiger charge is 2.35. The van der Waals surface area contributed by atoms with E-state index in [-0.39, 0.29) is 75.1 Å². The molecular weight excluding hydrogens is 568 g/mol. The molecule has 0 radical (unpaired) electrons. The molecule has 2 aliphatic heterocycles. The fourth-order valence-corrected chi connectivity index (χ4v) is 5.10. The number of nitrogens with one attached hydrogen (secondary N) is 1. The third-order valence-electron chi connectivity index (χ3n) is 7.26. The summed E-state index contributed by atoms with van der Waals surface area (Å²) in [7, 11) is 0. The van der Waals surface area contributed by atoms with Crippen molar-refractivity contribution in [1.29, 1.82) is 0 Å². The number of hydrogen-bond donors (Lipinski definition) is 1. The van der Waals surface area contributed by atoms with Gasteiger partial charge in [0.2, 0.25) is 11.7 Å². The number of aromatic nitrogens is 3. The average molecular weight is 600 g/mol. The van der Waals surface area contributed by atoms with E-state index >= 15 is 8.78 Å². The summed E-state index contributed by atoms with van der Waals surface area (Å²) < 4.78 is 42.1. The lowest BCUT2D eigenvalue weighted by molar-refractivity contribution is -0.143. The highest BCUT2D eigenvalue weighted by molar-refractivity contribution is 5.96. The number of rotatable bonds is 9. The van der Waals surface area contributed by atoms with Gasteiger partial charge in [-0.25, -0.2) is 23.5 Å². The van der Waals surface area contributed by atoms with Crippen LogP contribution < -0.4 is 15.1 Å². The standard InChI is InChI=1S/C28H31F2N7O6/c1-3-42-23(38)6-5-19-15-37(28(41)43-19)18-13-20(29)24(21(30)14-18)34-9-11-35(12-10-34)26(40)17(2)32-25(39)22-16-36-8-4-7-31-27(36)33-22/h4,7-8,13-14,16-17,19H,3,5-6,9-12,15H2,1-2H3,(H,32,39)/t17-,19-/m0/s1. The fraction of sp³-hybridized carbons (Fsp3) is 0.429. The number of piperazine rings is 1. The van der Waals surface area contributed by atoms with Crippen LogP contribution in [0.1, 0.15) is 37.2 Å². The zero-order valence-electron chi connectivity index (χ0n) is 23.7. The molecule has 0 aliphatic carbocycles. The summed E-state index contributed by atoms with van der Waals surface area (Å²) in [6.07, 6.45) is 3.68. The Balaban J connectivity index is 1.16. The van der Waals surface area contributed by atoms with Crippen LogP contribution in [0.3, 0.4) is 0 Å². The number of cyclic esters (lactones) is 1. The normalized spacial score (nSPS) is 17.6. The van der Waals surface area contributed by atoms with Gasteiger partial charge in [-0.1, -0.05) is 0 Å². The van der Waals surface area contributed by atoms with Crippen LogP contribution in [0.25, 0.3) is 5.78 Å². The van der Waals surface area contributed by atoms with Gasteiger partial charge in [0.15, 0.2) is 11.6 Å². The predicted molar refractivity (Wildman–Crippen MR) is 149 cm³/mol. The second-order valence-electron chi connectivity index (χ2n) is 10.2. The lowest BCUT2D eigenvalue weighted by atomic mass is 10.1. The number of amides is 3. The second-order valence-corrected chi connectivity index (χ2v) is 10.2. The Bertz CT molecular complexity index is 1480. The molecule has 0 bridgehead atoms. The van der Waals surface area contributed by atoms with Crippen molar-refractivity contribution in [2.24, 2.45) is 0 Å². The molecule has 4 heterocycles. The van der Waals surface area contributed by atoms with Gasteiger partial charge in [0, 0.05) is 63.3 Å². The molecule has 2 aliphatic rings. The molecule has 43 heavy (non-hydrogen) atoms. The van der Waals surface area contributed by atoms with Crippen LogP contribution >= 0.6 is 0 Å². The second kappa shape index (κ2) is 12.6. The van der Waals surface area contributed by atoms with Gasteiger partial charge in [0.05, 0.1) is 18.8 Å². The fourth-order valence-electron chi connectivity index (χ4n) is 5.10. The molecule has 2 saturated heterocycles. The Morgan fingerprint density at radius 3 is 2.56 bits per heavy atom. The number of ether oxygens (including phenoxy) is 2. The van der Waals surface area contributed by atoms with Gasteiger partial charge in [-0.15, -0.1) is 0 Å². The zero-order chi connectivity index (χ0) is 30.7. The van der Waals surface area contributed by atoms with Crippen LogP contribution in [0, 0.1) is 11.6 Å². The minimum Gasteiger partial charge on any atom is -0.466 e. The van der Waals surface area contributed by atoms with E-state index < -0.39 is 41.7 Å². The molecule has 1 aromatic carbocycles. The van der Waals surface area contributed by atoms with Crippen LogP contribution in [0.15, 0.2) is 36.8 Å². The van der Waals surface area contributed by atoms with Crippen molar-refractivity contribution < 1.29 is 37.4 Å². The van der Waals surface area contributed by atoms with Gasteiger partial charge in [-0.2, -0.15) is 0 Å². The maximum atomic E-state index is 15.2. The maximum Gasteiger partial charge on any atom is 0.414 e. The summed E-state index contributed by atoms with van der Waals surface area (Å²) >= 11 is 0. The molecule has 5 rings (SSSR count). The topological polar surface area (TPSA) is 139 Å². The molecule has 1 N–H and O–H groups in total. The zero-order valence-corrected chi connectivity index (χ0v) is 23.7. The molecule has 0 saturated carbocycles. The number of anilines is 2. The van der Waals surface area contributed by atoms with Crippen LogP contribution in [0.4, 0.5) is 25.0 Å². The molecule has 15 heteroatoms. The number of fused-ring (bicyclic) bond motifs is 1. The van der Waals surface area contributed by atoms with Crippen molar-refractivity contribution in [2.45, 2.75) is 38.8 Å². The molecular formula is C28H31F2N7O6. The number of hydrogen-bond acceptors (Lipinski definition) is 9. The Labute approximate surface area is 245 Å². The van der Waals surface area contributed by atoms with Crippen LogP contribution in [0.2, 0.25) is 0 Å². The van der Waals surface area contributed by atoms with Gasteiger partial charge in [-0.05, 0) is 26.3 Å². The first kappa shape index (κ1) is 29.7. The van der Waals surface area contributed by atoms with Crippen molar-refractivity contribution in [1.82, 2.24) is 24.6 Å². The Hall–Kier alpha value is -4.82. The van der Waals surface area contributed by atoms with Crippen LogP contribution in [-0.2, 0) is 19.1 Å². The minimum atomic E-state index is -0.861. The van der Waals surface area contributed by atoms with E-state index in [1.807, 2.05) is 0 Å². The van der Waals surface area contributed by atoms with Gasteiger partial charge in [0.25, 0.3) is 5.91 Å². The third kappa shape index (κ3) is 6.49. The summed E-state index contributed by atoms with van der Waals surface area (Å²) in [6, 6.07) is 2.98. The monoisotopic (exact) mass is 599 g/mol. The van der Waals surface area contributed by atoms with E-state index in [1.165, 1.54) is 16.0 Å². The molecule has 3 amide bonds. The smallest absolute Gasteiger partial charge is 0.414 e. The quantitative estimate of drug-likeness (QED) is 0.367. The predicted octanol–water partition coefficient (Wildman–Crippen LogP) is 2.14. The van der Waals surface area contributed by atoms with Crippen LogP contribution in [0.5, 0.6) is 0 Å². The summed E-state index contributed by atoms with van der Waals surface area (Å²) in [4.78, 5) is 62.0. The molecule has 3 aromatic rings. The van der Waals surface area contributed by atoms with Crippen LogP contribution in [-0.4, -0.2) is 94.6 Å². The largest absolute Gasteiger partial charge is 0.466 e. The van der Waals surface area contributed by atoms with Gasteiger partial charge >= 0.3 is 12.1 Å². The van der Waals surface area contributed by atoms with Crippen molar-refractivity contribution in [3.63, 3.8) is 0 Å². The maximum absolute atomic E-state index is 15.2. The molecule has 228 valence electrons. The number of benzene rings is 1. The number of carbonyl (C=O) groups is 4. The molecule has 0 spiro atoms. The van der Waals surface area contributed by atoms with E-state index in [0.717, 1.165) is 17.0 Å². The highest BCUT2D eigenvalue weighted by Crippen LogP contribution is 2.32. The number of nitrogens with zero attached hydrogens (tertiary/aromatic N) is 6. The first-order valence-corrected chi connectivity index (χ1v) is 13.9. The van der Waals surface area contributed by atoms with E-state index in [1.54, 1.807) is 36.7 Å². The summed E-state index contributed by atoms with van der Waals surface area (Å²) in [5, 5.41) is 2.64. The number of imidazole rings is 1. The Morgan fingerprint density at radius 2 is 1.88 bits per heavy atom. The molecule has 2 aromatic heterocycles. The van der Waals surface area contributed by atoms with E-state index in [2.05, 4.69) is 15.3 Å². The van der Waals surface area contributed by atoms with E-state index in [9.17, 15) is 19.2 Å².